The number of hydrogen-bond donors (Lipinski definition) is 1. The number of halogens is 1. The van der Waals surface area contributed by atoms with Gasteiger partial charge >= 0.3 is 0 Å². The molecule has 3 nitrogen and oxygen atoms in total. The summed E-state index contributed by atoms with van der Waals surface area (Å²) >= 11 is 6.40. The maximum absolute atomic E-state index is 6.40. The Morgan fingerprint density at radius 2 is 2.11 bits per heavy atom. The van der Waals surface area contributed by atoms with Crippen LogP contribution in [0.1, 0.15) is 36.4 Å². The number of ether oxygens (including phenoxy) is 2. The molecule has 1 unspecified atom stereocenters. The largest absolute Gasteiger partial charge is 0.486 e. The van der Waals surface area contributed by atoms with Crippen molar-refractivity contribution in [2.75, 3.05) is 19.8 Å². The van der Waals surface area contributed by atoms with Crippen LogP contribution in [0.4, 0.5) is 0 Å². The highest BCUT2D eigenvalue weighted by Gasteiger charge is 2.24. The van der Waals surface area contributed by atoms with Crippen molar-refractivity contribution in [2.45, 2.75) is 32.2 Å². The molecule has 1 aromatic carbocycles. The minimum Gasteiger partial charge on any atom is -0.486 e. The van der Waals surface area contributed by atoms with Gasteiger partial charge in [0.2, 0.25) is 0 Å². The van der Waals surface area contributed by atoms with Gasteiger partial charge in [-0.15, -0.1) is 0 Å². The van der Waals surface area contributed by atoms with E-state index in [4.69, 9.17) is 21.1 Å². The Labute approximate surface area is 112 Å². The number of hydrogen-bond acceptors (Lipinski definition) is 3. The Hall–Kier alpha value is -0.930. The molecule has 2 heterocycles. The molecule has 2 aliphatic heterocycles. The minimum absolute atomic E-state index is 0.395. The standard InChI is InChI=1S/C14H18ClNO2/c1-9-10(11-4-2-3-5-16-11)8-12-14(13(9)15)18-7-6-17-12/h8,11,16H,2-7H2,1H3. The summed E-state index contributed by atoms with van der Waals surface area (Å²) in [6, 6.07) is 2.49. The van der Waals surface area contributed by atoms with Crippen molar-refractivity contribution in [3.63, 3.8) is 0 Å². The molecule has 2 aliphatic rings. The second-order valence-corrected chi connectivity index (χ2v) is 5.31. The van der Waals surface area contributed by atoms with Crippen LogP contribution >= 0.6 is 11.6 Å². The molecular weight excluding hydrogens is 250 g/mol. The monoisotopic (exact) mass is 267 g/mol. The molecule has 18 heavy (non-hydrogen) atoms. The summed E-state index contributed by atoms with van der Waals surface area (Å²) in [4.78, 5) is 0. The maximum atomic E-state index is 6.40. The van der Waals surface area contributed by atoms with E-state index in [2.05, 4.69) is 18.3 Å². The highest BCUT2D eigenvalue weighted by atomic mass is 35.5. The minimum atomic E-state index is 0.395. The zero-order valence-corrected chi connectivity index (χ0v) is 11.3. The van der Waals surface area contributed by atoms with Crippen LogP contribution in [0.25, 0.3) is 0 Å². The SMILES string of the molecule is Cc1c(C2CCCCN2)cc2c(c1Cl)OCCO2. The van der Waals surface area contributed by atoms with Crippen LogP contribution in [0.3, 0.4) is 0 Å². The van der Waals surface area contributed by atoms with Gasteiger partial charge in [0.1, 0.15) is 13.2 Å². The third kappa shape index (κ3) is 2.06. The number of benzene rings is 1. The summed E-state index contributed by atoms with van der Waals surface area (Å²) in [7, 11) is 0. The molecule has 0 aliphatic carbocycles. The van der Waals surface area contributed by atoms with E-state index in [0.29, 0.717) is 30.0 Å². The first-order valence-electron chi connectivity index (χ1n) is 6.59. The van der Waals surface area contributed by atoms with Crippen molar-refractivity contribution in [3.05, 3.63) is 22.2 Å². The molecule has 1 N–H and O–H groups in total. The molecule has 0 radical (unpaired) electrons. The van der Waals surface area contributed by atoms with E-state index in [1.165, 1.54) is 18.4 Å². The van der Waals surface area contributed by atoms with Gasteiger partial charge in [-0.25, -0.2) is 0 Å². The van der Waals surface area contributed by atoms with E-state index in [9.17, 15) is 0 Å². The number of piperidine rings is 1. The average Bonchev–Trinajstić information content (AvgIpc) is 2.44. The summed E-state index contributed by atoms with van der Waals surface area (Å²) in [5, 5.41) is 4.26. The molecule has 0 saturated carbocycles. The molecule has 1 atom stereocenters. The summed E-state index contributed by atoms with van der Waals surface area (Å²) in [6.45, 7) is 4.32. The molecule has 0 amide bonds. The molecule has 1 saturated heterocycles. The van der Waals surface area contributed by atoms with Crippen LogP contribution < -0.4 is 14.8 Å². The van der Waals surface area contributed by atoms with Crippen molar-refractivity contribution >= 4 is 11.6 Å². The zero-order chi connectivity index (χ0) is 12.5. The van der Waals surface area contributed by atoms with Crippen LogP contribution in [0.15, 0.2) is 6.07 Å². The van der Waals surface area contributed by atoms with Gasteiger partial charge in [-0.3, -0.25) is 0 Å². The van der Waals surface area contributed by atoms with E-state index in [0.717, 1.165) is 24.3 Å². The number of nitrogens with one attached hydrogen (secondary N) is 1. The van der Waals surface area contributed by atoms with Gasteiger partial charge in [-0.1, -0.05) is 18.0 Å². The number of fused-ring (bicyclic) bond motifs is 1. The Morgan fingerprint density at radius 3 is 2.89 bits per heavy atom. The lowest BCUT2D eigenvalue weighted by atomic mass is 9.93. The van der Waals surface area contributed by atoms with Gasteiger partial charge < -0.3 is 14.8 Å². The fourth-order valence-corrected chi connectivity index (χ4v) is 2.99. The lowest BCUT2D eigenvalue weighted by Crippen LogP contribution is -2.27. The van der Waals surface area contributed by atoms with E-state index in [1.807, 2.05) is 0 Å². The van der Waals surface area contributed by atoms with Crippen molar-refractivity contribution in [3.8, 4) is 11.5 Å². The van der Waals surface area contributed by atoms with Gasteiger partial charge in [0.15, 0.2) is 11.5 Å². The Morgan fingerprint density at radius 1 is 1.28 bits per heavy atom. The van der Waals surface area contributed by atoms with Crippen LogP contribution in [0, 0.1) is 6.92 Å². The summed E-state index contributed by atoms with van der Waals surface area (Å²) in [6.07, 6.45) is 3.69. The van der Waals surface area contributed by atoms with Gasteiger partial charge in [0.05, 0.1) is 5.02 Å². The predicted octanol–water partition coefficient (Wildman–Crippen LogP) is 3.23. The van der Waals surface area contributed by atoms with Crippen LogP contribution in [-0.2, 0) is 0 Å². The fourth-order valence-electron chi connectivity index (χ4n) is 2.74. The van der Waals surface area contributed by atoms with E-state index >= 15 is 0 Å². The normalized spacial score (nSPS) is 22.9. The summed E-state index contributed by atoms with van der Waals surface area (Å²) in [5.74, 6) is 1.50. The van der Waals surface area contributed by atoms with Crippen LogP contribution in [-0.4, -0.2) is 19.8 Å². The number of rotatable bonds is 1. The fraction of sp³-hybridized carbons (Fsp3) is 0.571. The quantitative estimate of drug-likeness (QED) is 0.847. The lowest BCUT2D eigenvalue weighted by molar-refractivity contribution is 0.171. The topological polar surface area (TPSA) is 30.5 Å². The molecule has 98 valence electrons. The van der Waals surface area contributed by atoms with Gasteiger partial charge in [-0.2, -0.15) is 0 Å². The molecule has 1 fully saturated rings. The van der Waals surface area contributed by atoms with Crippen molar-refractivity contribution in [1.29, 1.82) is 0 Å². The molecule has 0 aromatic heterocycles. The second-order valence-electron chi connectivity index (χ2n) is 4.93. The van der Waals surface area contributed by atoms with E-state index < -0.39 is 0 Å². The van der Waals surface area contributed by atoms with Crippen molar-refractivity contribution in [1.82, 2.24) is 5.32 Å². The van der Waals surface area contributed by atoms with Crippen LogP contribution in [0.2, 0.25) is 5.02 Å². The first kappa shape index (κ1) is 12.1. The second kappa shape index (κ2) is 4.98. The molecule has 3 rings (SSSR count). The Bertz CT molecular complexity index is 456. The Balaban J connectivity index is 2.01. The molecule has 0 bridgehead atoms. The third-order valence-corrected chi connectivity index (χ3v) is 4.20. The summed E-state index contributed by atoms with van der Waals surface area (Å²) in [5.41, 5.74) is 2.37. The third-order valence-electron chi connectivity index (χ3n) is 3.75. The average molecular weight is 268 g/mol. The van der Waals surface area contributed by atoms with Gasteiger partial charge in [0, 0.05) is 6.04 Å². The lowest BCUT2D eigenvalue weighted by Gasteiger charge is -2.28. The van der Waals surface area contributed by atoms with E-state index in [1.54, 1.807) is 0 Å². The van der Waals surface area contributed by atoms with Crippen molar-refractivity contribution in [2.24, 2.45) is 0 Å². The first-order chi connectivity index (χ1) is 8.77. The predicted molar refractivity (Wildman–Crippen MR) is 71.8 cm³/mol. The molecule has 0 spiro atoms. The Kier molecular flexibility index (Phi) is 3.35. The zero-order valence-electron chi connectivity index (χ0n) is 10.6. The van der Waals surface area contributed by atoms with Crippen LogP contribution in [0.5, 0.6) is 11.5 Å². The highest BCUT2D eigenvalue weighted by molar-refractivity contribution is 6.33. The first-order valence-corrected chi connectivity index (χ1v) is 6.97. The highest BCUT2D eigenvalue weighted by Crippen LogP contribution is 2.43. The smallest absolute Gasteiger partial charge is 0.180 e. The maximum Gasteiger partial charge on any atom is 0.180 e. The molecule has 4 heteroatoms. The molecular formula is C14H18ClNO2. The molecule has 1 aromatic rings. The van der Waals surface area contributed by atoms with E-state index in [-0.39, 0.29) is 0 Å². The van der Waals surface area contributed by atoms with Crippen molar-refractivity contribution < 1.29 is 9.47 Å². The van der Waals surface area contributed by atoms with Gasteiger partial charge in [-0.05, 0) is 43.5 Å². The van der Waals surface area contributed by atoms with Gasteiger partial charge in [0.25, 0.3) is 0 Å². The summed E-state index contributed by atoms with van der Waals surface area (Å²) < 4.78 is 11.3.